The Bertz CT molecular complexity index is 395. The molecule has 1 aromatic rings. The zero-order chi connectivity index (χ0) is 12.3. The van der Waals surface area contributed by atoms with E-state index in [0.717, 1.165) is 12.1 Å². The number of nitrogens with zero attached hydrogens (tertiary/aromatic N) is 1. The summed E-state index contributed by atoms with van der Waals surface area (Å²) in [6.45, 7) is 0. The zero-order valence-corrected chi connectivity index (χ0v) is 7.84. The molecule has 1 rings (SSSR count). The normalized spacial score (nSPS) is 16.1. The highest BCUT2D eigenvalue weighted by molar-refractivity contribution is 5.76. The topological polar surface area (TPSA) is 80.4 Å². The molecule has 0 radical (unpaired) electrons. The lowest BCUT2D eigenvalue weighted by atomic mass is 10.0. The van der Waals surface area contributed by atoms with Crippen LogP contribution in [-0.2, 0) is 4.79 Å². The monoisotopic (exact) mass is 231 g/mol. The van der Waals surface area contributed by atoms with Gasteiger partial charge in [-0.05, 0) is 5.56 Å². The lowest BCUT2D eigenvalue weighted by Gasteiger charge is -2.16. The number of hydrogen-bond donors (Lipinski definition) is 1. The molecule has 2 unspecified atom stereocenters. The Labute approximate surface area is 88.5 Å². The van der Waals surface area contributed by atoms with Gasteiger partial charge in [-0.3, -0.25) is 10.1 Å². The summed E-state index contributed by atoms with van der Waals surface area (Å²) in [5.74, 6) is -6.63. The molecular weight excluding hydrogens is 224 g/mol. The van der Waals surface area contributed by atoms with Crippen molar-refractivity contribution in [2.24, 2.45) is 0 Å². The standard InChI is InChI=1S/C9H7F2NO4/c10-7(6-4-2-1-3-5-6)9(11,8(13)14)12(15)16/h1-5,7H,(H,13,14). The van der Waals surface area contributed by atoms with Crippen molar-refractivity contribution in [3.8, 4) is 0 Å². The molecule has 0 spiro atoms. The Hall–Kier alpha value is -2.05. The number of aliphatic carboxylic acids is 1. The Morgan fingerprint density at radius 2 is 1.94 bits per heavy atom. The van der Waals surface area contributed by atoms with E-state index in [1.807, 2.05) is 0 Å². The van der Waals surface area contributed by atoms with Crippen LogP contribution in [0.1, 0.15) is 11.7 Å². The van der Waals surface area contributed by atoms with Gasteiger partial charge in [0, 0.05) is 0 Å². The number of hydrogen-bond acceptors (Lipinski definition) is 3. The third-order valence-corrected chi connectivity index (χ3v) is 1.99. The Kier molecular flexibility index (Phi) is 3.17. The molecule has 0 heterocycles. The Morgan fingerprint density at radius 1 is 1.44 bits per heavy atom. The molecule has 0 aromatic heterocycles. The van der Waals surface area contributed by atoms with E-state index in [1.54, 1.807) is 0 Å². The summed E-state index contributed by atoms with van der Waals surface area (Å²) in [7, 11) is 0. The number of rotatable bonds is 4. The molecule has 7 heteroatoms. The van der Waals surface area contributed by atoms with Crippen LogP contribution in [0.5, 0.6) is 0 Å². The average molecular weight is 231 g/mol. The van der Waals surface area contributed by atoms with Crippen LogP contribution in [-0.4, -0.2) is 21.8 Å². The van der Waals surface area contributed by atoms with Crippen LogP contribution in [0.15, 0.2) is 30.3 Å². The summed E-state index contributed by atoms with van der Waals surface area (Å²) in [5.41, 5.74) is -0.399. The molecule has 86 valence electrons. The lowest BCUT2D eigenvalue weighted by molar-refractivity contribution is -0.600. The van der Waals surface area contributed by atoms with Crippen LogP contribution >= 0.6 is 0 Å². The first kappa shape index (κ1) is 12.0. The largest absolute Gasteiger partial charge is 0.489 e. The van der Waals surface area contributed by atoms with Crippen molar-refractivity contribution in [1.82, 2.24) is 0 Å². The van der Waals surface area contributed by atoms with Crippen LogP contribution in [0.3, 0.4) is 0 Å². The maximum absolute atomic E-state index is 13.5. The van der Waals surface area contributed by atoms with E-state index in [1.165, 1.54) is 18.2 Å². The SMILES string of the molecule is O=C(O)C(F)(C(F)c1ccccc1)[N+](=O)[O-]. The minimum Gasteiger partial charge on any atom is -0.474 e. The molecule has 0 aliphatic carbocycles. The van der Waals surface area contributed by atoms with E-state index in [4.69, 9.17) is 5.11 Å². The lowest BCUT2D eigenvalue weighted by Crippen LogP contribution is -2.46. The number of carboxylic acid groups (broad SMARTS) is 1. The summed E-state index contributed by atoms with van der Waals surface area (Å²) in [6, 6.07) is 6.29. The number of benzene rings is 1. The number of halogens is 2. The van der Waals surface area contributed by atoms with Crippen LogP contribution in [0.25, 0.3) is 0 Å². The summed E-state index contributed by atoms with van der Waals surface area (Å²) in [4.78, 5) is 18.9. The van der Waals surface area contributed by atoms with Gasteiger partial charge in [0.1, 0.15) is 0 Å². The molecule has 0 saturated carbocycles. The van der Waals surface area contributed by atoms with Gasteiger partial charge >= 0.3 is 11.8 Å². The number of nitro groups is 1. The van der Waals surface area contributed by atoms with Gasteiger partial charge in [-0.2, -0.15) is 4.39 Å². The van der Waals surface area contributed by atoms with Gasteiger partial charge in [0.2, 0.25) is 6.17 Å². The van der Waals surface area contributed by atoms with Crippen molar-refractivity contribution >= 4 is 5.97 Å². The van der Waals surface area contributed by atoms with E-state index >= 15 is 0 Å². The Morgan fingerprint density at radius 3 is 2.31 bits per heavy atom. The average Bonchev–Trinajstić information content (AvgIpc) is 2.27. The van der Waals surface area contributed by atoms with Crippen molar-refractivity contribution in [2.75, 3.05) is 0 Å². The van der Waals surface area contributed by atoms with Gasteiger partial charge in [-0.25, -0.2) is 9.18 Å². The minimum atomic E-state index is -4.17. The second-order valence-electron chi connectivity index (χ2n) is 3.01. The third kappa shape index (κ3) is 1.83. The fraction of sp³-hybridized carbons (Fsp3) is 0.222. The molecule has 0 amide bonds. The molecule has 1 N–H and O–H groups in total. The number of carboxylic acids is 1. The smallest absolute Gasteiger partial charge is 0.474 e. The van der Waals surface area contributed by atoms with Crippen molar-refractivity contribution in [3.05, 3.63) is 46.0 Å². The van der Waals surface area contributed by atoms with E-state index in [9.17, 15) is 23.7 Å². The first-order valence-corrected chi connectivity index (χ1v) is 4.16. The quantitative estimate of drug-likeness (QED) is 0.486. The van der Waals surface area contributed by atoms with Crippen LogP contribution in [0, 0.1) is 10.1 Å². The van der Waals surface area contributed by atoms with Gasteiger partial charge in [-0.15, -0.1) is 0 Å². The van der Waals surface area contributed by atoms with Crippen LogP contribution in [0.2, 0.25) is 0 Å². The maximum Gasteiger partial charge on any atom is 0.489 e. The molecule has 0 aliphatic heterocycles. The van der Waals surface area contributed by atoms with Crippen molar-refractivity contribution in [3.63, 3.8) is 0 Å². The molecule has 0 bridgehead atoms. The number of alkyl halides is 2. The highest BCUT2D eigenvalue weighted by Gasteiger charge is 2.61. The molecule has 0 fully saturated rings. The molecule has 5 nitrogen and oxygen atoms in total. The molecule has 2 atom stereocenters. The molecule has 0 saturated heterocycles. The molecule has 16 heavy (non-hydrogen) atoms. The van der Waals surface area contributed by atoms with E-state index in [0.29, 0.717) is 0 Å². The fourth-order valence-electron chi connectivity index (χ4n) is 1.12. The van der Waals surface area contributed by atoms with Gasteiger partial charge in [0.15, 0.2) is 0 Å². The van der Waals surface area contributed by atoms with Crippen LogP contribution in [0.4, 0.5) is 8.78 Å². The predicted octanol–water partition coefficient (Wildman–Crippen LogP) is 1.72. The highest BCUT2D eigenvalue weighted by atomic mass is 19.2. The minimum absolute atomic E-state index is 0.399. The first-order valence-electron chi connectivity index (χ1n) is 4.16. The second kappa shape index (κ2) is 4.21. The third-order valence-electron chi connectivity index (χ3n) is 1.99. The first-order chi connectivity index (χ1) is 7.40. The predicted molar refractivity (Wildman–Crippen MR) is 48.8 cm³/mol. The fourth-order valence-corrected chi connectivity index (χ4v) is 1.12. The van der Waals surface area contributed by atoms with E-state index in [-0.39, 0.29) is 0 Å². The summed E-state index contributed by atoms with van der Waals surface area (Å²) in [6.07, 6.45) is -2.86. The van der Waals surface area contributed by atoms with Gasteiger partial charge in [-0.1, -0.05) is 30.3 Å². The number of carbonyl (C=O) groups is 1. The van der Waals surface area contributed by atoms with Gasteiger partial charge in [0.05, 0.1) is 4.92 Å². The molecular formula is C9H7F2NO4. The van der Waals surface area contributed by atoms with Crippen molar-refractivity contribution < 1.29 is 23.6 Å². The molecule has 1 aromatic carbocycles. The van der Waals surface area contributed by atoms with Crippen molar-refractivity contribution in [1.29, 1.82) is 0 Å². The molecule has 0 aliphatic rings. The van der Waals surface area contributed by atoms with Crippen molar-refractivity contribution in [2.45, 2.75) is 12.0 Å². The van der Waals surface area contributed by atoms with E-state index in [2.05, 4.69) is 0 Å². The highest BCUT2D eigenvalue weighted by Crippen LogP contribution is 2.34. The Balaban J connectivity index is 3.16. The van der Waals surface area contributed by atoms with E-state index < -0.39 is 28.4 Å². The summed E-state index contributed by atoms with van der Waals surface area (Å²) in [5, 5.41) is 18.7. The zero-order valence-electron chi connectivity index (χ0n) is 7.84. The van der Waals surface area contributed by atoms with Crippen LogP contribution < -0.4 is 0 Å². The maximum atomic E-state index is 13.5. The second-order valence-corrected chi connectivity index (χ2v) is 3.01. The summed E-state index contributed by atoms with van der Waals surface area (Å²) < 4.78 is 26.9. The van der Waals surface area contributed by atoms with Gasteiger partial charge < -0.3 is 5.11 Å². The van der Waals surface area contributed by atoms with Gasteiger partial charge in [0.25, 0.3) is 0 Å². The summed E-state index contributed by atoms with van der Waals surface area (Å²) >= 11 is 0.